The fourth-order valence-corrected chi connectivity index (χ4v) is 4.20. The van der Waals surface area contributed by atoms with Gasteiger partial charge in [-0.3, -0.25) is 9.78 Å². The van der Waals surface area contributed by atoms with Crippen LogP contribution < -0.4 is 0 Å². The van der Waals surface area contributed by atoms with Gasteiger partial charge in [0.05, 0.1) is 16.9 Å². The molecule has 0 bridgehead atoms. The summed E-state index contributed by atoms with van der Waals surface area (Å²) in [5.74, 6) is 0.715. The van der Waals surface area contributed by atoms with E-state index in [0.29, 0.717) is 22.2 Å². The molecule has 4 rings (SSSR count). The summed E-state index contributed by atoms with van der Waals surface area (Å²) in [6, 6.07) is 11.5. The van der Waals surface area contributed by atoms with E-state index in [0.717, 1.165) is 48.3 Å². The largest absolute Gasteiger partial charge is 0.339 e. The zero-order valence-corrected chi connectivity index (χ0v) is 19.9. The minimum absolute atomic E-state index is 0.0386. The lowest BCUT2D eigenvalue weighted by Gasteiger charge is -2.30. The van der Waals surface area contributed by atoms with Crippen molar-refractivity contribution in [1.82, 2.24) is 20.1 Å². The summed E-state index contributed by atoms with van der Waals surface area (Å²) in [5, 5.41) is 9.00. The highest BCUT2D eigenvalue weighted by atomic mass is 35.5. The predicted molar refractivity (Wildman–Crippen MR) is 129 cm³/mol. The van der Waals surface area contributed by atoms with Crippen LogP contribution in [-0.2, 0) is 5.41 Å². The summed E-state index contributed by atoms with van der Waals surface area (Å²) in [4.78, 5) is 19.3. The van der Waals surface area contributed by atoms with Crippen molar-refractivity contribution in [3.63, 3.8) is 0 Å². The molecule has 5 nitrogen and oxygen atoms in total. The second-order valence-corrected chi connectivity index (χ2v) is 10.1. The van der Waals surface area contributed by atoms with Crippen LogP contribution in [0.25, 0.3) is 22.4 Å². The molecule has 0 unspecified atom stereocenters. The van der Waals surface area contributed by atoms with Crippen LogP contribution in [0.15, 0.2) is 48.8 Å². The highest BCUT2D eigenvalue weighted by Gasteiger charge is 2.22. The molecule has 1 amide bonds. The van der Waals surface area contributed by atoms with Crippen molar-refractivity contribution < 1.29 is 4.79 Å². The summed E-state index contributed by atoms with van der Waals surface area (Å²) < 4.78 is 0. The van der Waals surface area contributed by atoms with Crippen LogP contribution in [0.5, 0.6) is 0 Å². The monoisotopic (exact) mass is 448 g/mol. The van der Waals surface area contributed by atoms with Gasteiger partial charge in [-0.2, -0.15) is 10.2 Å². The number of piperidine rings is 1. The van der Waals surface area contributed by atoms with Crippen LogP contribution in [-0.4, -0.2) is 39.1 Å². The SMILES string of the molecule is CC1CCN(C(=O)c2ccc(-c3cc(-c4ccnc(C(C)(C)C)c4)cnn3)c(Cl)c2)CC1. The Morgan fingerprint density at radius 1 is 1.06 bits per heavy atom. The molecule has 0 saturated carbocycles. The number of amides is 1. The van der Waals surface area contributed by atoms with Crippen molar-refractivity contribution in [2.75, 3.05) is 13.1 Å². The molecule has 166 valence electrons. The first-order valence-electron chi connectivity index (χ1n) is 11.1. The maximum Gasteiger partial charge on any atom is 0.253 e. The van der Waals surface area contributed by atoms with Crippen molar-refractivity contribution in [2.24, 2.45) is 5.92 Å². The Hall–Kier alpha value is -2.79. The van der Waals surface area contributed by atoms with E-state index < -0.39 is 0 Å². The molecule has 0 N–H and O–H groups in total. The number of benzene rings is 1. The normalized spacial score (nSPS) is 15.1. The lowest BCUT2D eigenvalue weighted by atomic mass is 9.90. The molecule has 1 fully saturated rings. The Labute approximate surface area is 194 Å². The molecule has 3 aromatic rings. The molecule has 2 aromatic heterocycles. The first-order valence-corrected chi connectivity index (χ1v) is 11.5. The highest BCUT2D eigenvalue weighted by molar-refractivity contribution is 6.33. The fraction of sp³-hybridized carbons (Fsp3) is 0.385. The minimum atomic E-state index is -0.0443. The van der Waals surface area contributed by atoms with Gasteiger partial charge in [0.1, 0.15) is 0 Å². The van der Waals surface area contributed by atoms with Crippen molar-refractivity contribution in [3.8, 4) is 22.4 Å². The average molecular weight is 449 g/mol. The summed E-state index contributed by atoms with van der Waals surface area (Å²) in [7, 11) is 0. The van der Waals surface area contributed by atoms with Crippen molar-refractivity contribution in [3.05, 3.63) is 65.1 Å². The van der Waals surface area contributed by atoms with Crippen molar-refractivity contribution >= 4 is 17.5 Å². The number of nitrogens with zero attached hydrogens (tertiary/aromatic N) is 4. The second-order valence-electron chi connectivity index (χ2n) is 9.68. The minimum Gasteiger partial charge on any atom is -0.339 e. The molecule has 6 heteroatoms. The van der Waals surface area contributed by atoms with E-state index in [-0.39, 0.29) is 11.3 Å². The third-order valence-electron chi connectivity index (χ3n) is 6.08. The van der Waals surface area contributed by atoms with Crippen LogP contribution >= 0.6 is 11.6 Å². The van der Waals surface area contributed by atoms with E-state index in [4.69, 9.17) is 11.6 Å². The molecular formula is C26H29ClN4O. The second kappa shape index (κ2) is 8.99. The van der Waals surface area contributed by atoms with Gasteiger partial charge in [0.25, 0.3) is 5.91 Å². The molecule has 0 atom stereocenters. The fourth-order valence-electron chi connectivity index (χ4n) is 3.93. The summed E-state index contributed by atoms with van der Waals surface area (Å²) in [6.45, 7) is 10.3. The molecule has 32 heavy (non-hydrogen) atoms. The van der Waals surface area contributed by atoms with Gasteiger partial charge < -0.3 is 4.90 Å². The number of halogens is 1. The first kappa shape index (κ1) is 22.4. The maximum atomic E-state index is 12.9. The first-order chi connectivity index (χ1) is 15.2. The maximum absolute atomic E-state index is 12.9. The van der Waals surface area contributed by atoms with Gasteiger partial charge in [0.2, 0.25) is 0 Å². The quantitative estimate of drug-likeness (QED) is 0.490. The van der Waals surface area contributed by atoms with E-state index in [1.54, 1.807) is 12.3 Å². The Kier molecular flexibility index (Phi) is 6.29. The number of likely N-dealkylation sites (tertiary alicyclic amines) is 1. The van der Waals surface area contributed by atoms with E-state index >= 15 is 0 Å². The number of hydrogen-bond acceptors (Lipinski definition) is 4. The van der Waals surface area contributed by atoms with E-state index in [1.807, 2.05) is 35.4 Å². The molecule has 1 aliphatic rings. The molecule has 1 saturated heterocycles. The van der Waals surface area contributed by atoms with E-state index in [9.17, 15) is 4.79 Å². The Bertz CT molecular complexity index is 1130. The number of pyridine rings is 1. The molecule has 0 radical (unpaired) electrons. The third kappa shape index (κ3) is 4.83. The summed E-state index contributed by atoms with van der Waals surface area (Å²) >= 11 is 6.60. The number of aromatic nitrogens is 3. The third-order valence-corrected chi connectivity index (χ3v) is 6.39. The molecule has 0 spiro atoms. The lowest BCUT2D eigenvalue weighted by molar-refractivity contribution is 0.0697. The molecular weight excluding hydrogens is 420 g/mol. The molecule has 1 aliphatic heterocycles. The Morgan fingerprint density at radius 2 is 1.81 bits per heavy atom. The number of hydrogen-bond donors (Lipinski definition) is 0. The Morgan fingerprint density at radius 3 is 2.50 bits per heavy atom. The number of carbonyl (C=O) groups is 1. The average Bonchev–Trinajstić information content (AvgIpc) is 2.78. The van der Waals surface area contributed by atoms with Gasteiger partial charge >= 0.3 is 0 Å². The van der Waals surface area contributed by atoms with E-state index in [2.05, 4.69) is 48.9 Å². The van der Waals surface area contributed by atoms with Crippen LogP contribution in [0.2, 0.25) is 5.02 Å². The number of carbonyl (C=O) groups excluding carboxylic acids is 1. The van der Waals surface area contributed by atoms with E-state index in [1.165, 1.54) is 0 Å². The molecule has 0 aliphatic carbocycles. The highest BCUT2D eigenvalue weighted by Crippen LogP contribution is 2.31. The Balaban J connectivity index is 1.60. The van der Waals surface area contributed by atoms with Crippen LogP contribution in [0.3, 0.4) is 0 Å². The van der Waals surface area contributed by atoms with Crippen molar-refractivity contribution in [1.29, 1.82) is 0 Å². The van der Waals surface area contributed by atoms with Gasteiger partial charge in [-0.25, -0.2) is 0 Å². The molecule has 1 aromatic carbocycles. The van der Waals surface area contributed by atoms with Gasteiger partial charge in [-0.15, -0.1) is 0 Å². The van der Waals surface area contributed by atoms with Crippen molar-refractivity contribution in [2.45, 2.75) is 46.0 Å². The van der Waals surface area contributed by atoms with Crippen LogP contribution in [0.1, 0.15) is 56.6 Å². The standard InChI is InChI=1S/C26H29ClN4O/c1-17-8-11-31(12-9-17)25(32)19-5-6-21(22(27)13-19)23-14-20(16-29-30-23)18-7-10-28-24(15-18)26(2,3)4/h5-7,10,13-17H,8-9,11-12H2,1-4H3. The lowest BCUT2D eigenvalue weighted by Crippen LogP contribution is -2.37. The van der Waals surface area contributed by atoms with Crippen LogP contribution in [0.4, 0.5) is 0 Å². The summed E-state index contributed by atoms with van der Waals surface area (Å²) in [6.07, 6.45) is 5.66. The zero-order valence-electron chi connectivity index (χ0n) is 19.1. The summed E-state index contributed by atoms with van der Waals surface area (Å²) in [5.41, 5.74) is 4.99. The predicted octanol–water partition coefficient (Wildman–Crippen LogP) is 6.03. The van der Waals surface area contributed by atoms with Crippen LogP contribution in [0, 0.1) is 5.92 Å². The zero-order chi connectivity index (χ0) is 22.9. The van der Waals surface area contributed by atoms with Gasteiger partial charge in [0.15, 0.2) is 0 Å². The van der Waals surface area contributed by atoms with Gasteiger partial charge in [-0.1, -0.05) is 45.4 Å². The van der Waals surface area contributed by atoms with Gasteiger partial charge in [-0.05, 0) is 54.7 Å². The number of rotatable bonds is 3. The topological polar surface area (TPSA) is 59.0 Å². The van der Waals surface area contributed by atoms with Gasteiger partial charge in [0, 0.05) is 47.1 Å². The smallest absolute Gasteiger partial charge is 0.253 e. The molecule has 3 heterocycles.